The summed E-state index contributed by atoms with van der Waals surface area (Å²) in [6, 6.07) is 0. The Balaban J connectivity index is 0. The maximum atomic E-state index is 10.9. The molecule has 8 heteroatoms. The fourth-order valence-electron chi connectivity index (χ4n) is 2.85. The predicted octanol–water partition coefficient (Wildman–Crippen LogP) is 5.46. The largest absolute Gasteiger partial charge is 0.673 e. The van der Waals surface area contributed by atoms with E-state index in [1.54, 1.807) is 0 Å². The van der Waals surface area contributed by atoms with E-state index < -0.39 is 7.25 Å². The van der Waals surface area contributed by atoms with E-state index in [0.29, 0.717) is 6.42 Å². The van der Waals surface area contributed by atoms with Crippen molar-refractivity contribution in [1.29, 1.82) is 0 Å². The molecule has 25 heavy (non-hydrogen) atoms. The quantitative estimate of drug-likeness (QED) is 0.141. The molecule has 0 N–H and O–H groups in total. The average molecular weight is 373 g/mol. The zero-order valence-corrected chi connectivity index (χ0v) is 16.3. The van der Waals surface area contributed by atoms with Gasteiger partial charge in [0.1, 0.15) is 0 Å². The van der Waals surface area contributed by atoms with Crippen LogP contribution in [0.4, 0.5) is 17.3 Å². The molecule has 0 unspecified atom stereocenters. The maximum Gasteiger partial charge on any atom is 0.673 e. The summed E-state index contributed by atoms with van der Waals surface area (Å²) in [6.07, 6.45) is 9.35. The zero-order valence-electron chi connectivity index (χ0n) is 16.3. The van der Waals surface area contributed by atoms with Crippen LogP contribution >= 0.6 is 0 Å². The normalized spacial score (nSPS) is 11.7. The van der Waals surface area contributed by atoms with Crippen LogP contribution in [0.2, 0.25) is 0 Å². The van der Waals surface area contributed by atoms with Gasteiger partial charge in [0.25, 0.3) is 0 Å². The second-order valence-electron chi connectivity index (χ2n) is 6.31. The summed E-state index contributed by atoms with van der Waals surface area (Å²) >= 11 is 0. The summed E-state index contributed by atoms with van der Waals surface area (Å²) < 4.78 is 44.9. The highest BCUT2D eigenvalue weighted by atomic mass is 19.5. The van der Waals surface area contributed by atoms with Gasteiger partial charge >= 0.3 is 13.2 Å². The number of halogens is 4. The van der Waals surface area contributed by atoms with E-state index in [9.17, 15) is 22.1 Å². The zero-order chi connectivity index (χ0) is 19.8. The van der Waals surface area contributed by atoms with Crippen LogP contribution in [-0.2, 0) is 9.53 Å². The van der Waals surface area contributed by atoms with Crippen LogP contribution in [0.3, 0.4) is 0 Å². The van der Waals surface area contributed by atoms with Gasteiger partial charge in [0.05, 0.1) is 33.3 Å². The number of carbonyl (C=O) groups is 1. The van der Waals surface area contributed by atoms with E-state index >= 15 is 0 Å². The Hall–Kier alpha value is -0.785. The van der Waals surface area contributed by atoms with Crippen molar-refractivity contribution in [3.05, 3.63) is 0 Å². The van der Waals surface area contributed by atoms with Crippen molar-refractivity contribution in [2.24, 2.45) is 0 Å². The summed E-state index contributed by atoms with van der Waals surface area (Å²) in [5.74, 6) is -0.0715. The van der Waals surface area contributed by atoms with Gasteiger partial charge in [0.15, 0.2) is 0 Å². The molecule has 0 fully saturated rings. The lowest BCUT2D eigenvalue weighted by Crippen LogP contribution is -2.48. The molecular weight excluding hydrogens is 337 g/mol. The molecule has 152 valence electrons. The van der Waals surface area contributed by atoms with Gasteiger partial charge in [-0.25, -0.2) is 0 Å². The third-order valence-electron chi connectivity index (χ3n) is 4.75. The molecule has 0 aromatic rings. The van der Waals surface area contributed by atoms with Crippen molar-refractivity contribution in [2.75, 3.05) is 33.3 Å². The molecule has 0 atom stereocenters. The third kappa shape index (κ3) is 19.4. The van der Waals surface area contributed by atoms with Crippen LogP contribution in [-0.4, -0.2) is 51.0 Å². The second kappa shape index (κ2) is 15.5. The van der Waals surface area contributed by atoms with E-state index in [4.69, 9.17) is 0 Å². The Morgan fingerprint density at radius 2 is 1.16 bits per heavy atom. The molecule has 0 amide bonds. The van der Waals surface area contributed by atoms with Crippen LogP contribution in [0.25, 0.3) is 0 Å². The maximum absolute atomic E-state index is 10.9. The summed E-state index contributed by atoms with van der Waals surface area (Å²) in [5, 5.41) is 0. The molecule has 0 saturated carbocycles. The van der Waals surface area contributed by atoms with Crippen molar-refractivity contribution < 1.29 is 31.3 Å². The highest BCUT2D eigenvalue weighted by Gasteiger charge is 2.20. The van der Waals surface area contributed by atoms with E-state index in [-0.39, 0.29) is 5.97 Å². The molecule has 0 radical (unpaired) electrons. The molecule has 0 saturated heterocycles. The first-order chi connectivity index (χ1) is 11.6. The highest BCUT2D eigenvalue weighted by Crippen LogP contribution is 2.12. The second-order valence-corrected chi connectivity index (χ2v) is 6.31. The van der Waals surface area contributed by atoms with Gasteiger partial charge in [0.2, 0.25) is 0 Å². The summed E-state index contributed by atoms with van der Waals surface area (Å²) in [4.78, 5) is 10.9. The number of carbonyl (C=O) groups excluding carboxylic acids is 1. The van der Waals surface area contributed by atoms with Gasteiger partial charge in [-0.3, -0.25) is 4.79 Å². The molecule has 0 rings (SSSR count). The van der Waals surface area contributed by atoms with Gasteiger partial charge in [0, 0.05) is 6.42 Å². The molecule has 0 bridgehead atoms. The van der Waals surface area contributed by atoms with Crippen molar-refractivity contribution in [2.45, 2.75) is 72.1 Å². The number of esters is 1. The Bertz CT molecular complexity index is 310. The third-order valence-corrected chi connectivity index (χ3v) is 4.75. The van der Waals surface area contributed by atoms with E-state index in [2.05, 4.69) is 25.5 Å². The lowest BCUT2D eigenvalue weighted by molar-refractivity contribution is -0.923. The SMILES string of the molecule is CC[N+](CC)(CC)CCCCCCCCCC(=O)OC.F[B-](F)(F)F. The predicted molar refractivity (Wildman–Crippen MR) is 95.9 cm³/mol. The molecule has 0 aliphatic carbocycles. The molecule has 0 spiro atoms. The van der Waals surface area contributed by atoms with Crippen LogP contribution < -0.4 is 0 Å². The monoisotopic (exact) mass is 373 g/mol. The van der Waals surface area contributed by atoms with Gasteiger partial charge in [-0.05, 0) is 40.0 Å². The minimum absolute atomic E-state index is 0.0715. The summed E-state index contributed by atoms with van der Waals surface area (Å²) in [5.41, 5.74) is 0. The van der Waals surface area contributed by atoms with Gasteiger partial charge in [-0.15, -0.1) is 0 Å². The highest BCUT2D eigenvalue weighted by molar-refractivity contribution is 6.50. The first-order valence-corrected chi connectivity index (χ1v) is 9.43. The Labute approximate surface area is 150 Å². The van der Waals surface area contributed by atoms with Crippen molar-refractivity contribution >= 4 is 13.2 Å². The minimum atomic E-state index is -6.00. The standard InChI is InChI=1S/C17H36NO2.BF4/c1-5-18(6-2,7-3)16-14-12-10-8-9-11-13-15-17(19)20-4;2-1(3,4)5/h5-16H2,1-4H3;/q+1;-1. The van der Waals surface area contributed by atoms with Crippen molar-refractivity contribution in [3.63, 3.8) is 0 Å². The number of rotatable bonds is 13. The smallest absolute Gasteiger partial charge is 0.469 e. The lowest BCUT2D eigenvalue weighted by Gasteiger charge is -2.35. The lowest BCUT2D eigenvalue weighted by atomic mass is 10.1. The molecule has 0 aromatic heterocycles. The number of methoxy groups -OCH3 is 1. The molecule has 0 aromatic carbocycles. The Morgan fingerprint density at radius 1 is 0.800 bits per heavy atom. The van der Waals surface area contributed by atoms with Gasteiger partial charge in [-0.2, -0.15) is 0 Å². The first-order valence-electron chi connectivity index (χ1n) is 9.43. The fourth-order valence-corrected chi connectivity index (χ4v) is 2.85. The van der Waals surface area contributed by atoms with E-state index in [1.807, 2.05) is 0 Å². The van der Waals surface area contributed by atoms with Crippen LogP contribution in [0.15, 0.2) is 0 Å². The van der Waals surface area contributed by atoms with Crippen molar-refractivity contribution in [3.8, 4) is 0 Å². The molecule has 3 nitrogen and oxygen atoms in total. The van der Waals surface area contributed by atoms with E-state index in [1.165, 1.54) is 69.9 Å². The first kappa shape index (κ1) is 26.4. The molecule has 0 heterocycles. The number of unbranched alkanes of at least 4 members (excludes halogenated alkanes) is 6. The van der Waals surface area contributed by atoms with Crippen molar-refractivity contribution in [1.82, 2.24) is 0 Å². The van der Waals surface area contributed by atoms with E-state index in [0.717, 1.165) is 12.8 Å². The van der Waals surface area contributed by atoms with Gasteiger partial charge in [-0.1, -0.05) is 25.7 Å². The summed E-state index contributed by atoms with van der Waals surface area (Å²) in [6.45, 7) is 12.1. The van der Waals surface area contributed by atoms with Crippen LogP contribution in [0, 0.1) is 0 Å². The molecule has 0 aliphatic rings. The van der Waals surface area contributed by atoms with Crippen LogP contribution in [0.1, 0.15) is 72.1 Å². The van der Waals surface area contributed by atoms with Crippen LogP contribution in [0.5, 0.6) is 0 Å². The Kier molecular flexibility index (Phi) is 16.4. The van der Waals surface area contributed by atoms with Gasteiger partial charge < -0.3 is 26.5 Å². The number of quaternary nitrogens is 1. The average Bonchev–Trinajstić information content (AvgIpc) is 2.55. The number of hydrogen-bond donors (Lipinski definition) is 0. The Morgan fingerprint density at radius 3 is 1.52 bits per heavy atom. The topological polar surface area (TPSA) is 26.3 Å². The minimum Gasteiger partial charge on any atom is -0.469 e. The number of ether oxygens (including phenoxy) is 1. The fraction of sp³-hybridized carbons (Fsp3) is 0.941. The number of nitrogens with zero attached hydrogens (tertiary/aromatic N) is 1. The number of hydrogen-bond acceptors (Lipinski definition) is 2. The molecule has 0 aliphatic heterocycles. The summed E-state index contributed by atoms with van der Waals surface area (Å²) in [7, 11) is -4.54. The molecular formula is C17H36BF4NO2.